The smallest absolute Gasteiger partial charge is 0.183 e. The third kappa shape index (κ3) is 3.08. The maximum absolute atomic E-state index is 8.95. The topological polar surface area (TPSA) is 65.8 Å². The maximum Gasteiger partial charge on any atom is 0.183 e. The zero-order valence-corrected chi connectivity index (χ0v) is 13.5. The molecule has 5 nitrogen and oxygen atoms in total. The largest absolute Gasteiger partial charge is 0.281 e. The van der Waals surface area contributed by atoms with Gasteiger partial charge in [0.2, 0.25) is 0 Å². The summed E-state index contributed by atoms with van der Waals surface area (Å²) in [6.07, 6.45) is 1.77. The zero-order valence-electron chi connectivity index (χ0n) is 12.7. The van der Waals surface area contributed by atoms with Crippen LogP contribution < -0.4 is 0 Å². The van der Waals surface area contributed by atoms with Crippen LogP contribution in [0.15, 0.2) is 52.8 Å². The molecular weight excluding hydrogens is 310 g/mol. The lowest BCUT2D eigenvalue weighted by Crippen LogP contribution is -1.87. The van der Waals surface area contributed by atoms with Crippen LogP contribution in [0, 0.1) is 11.3 Å². The fraction of sp³-hybridized carbons (Fsp3) is 0.176. The third-order valence-corrected chi connectivity index (χ3v) is 3.59. The van der Waals surface area contributed by atoms with E-state index in [9.17, 15) is 0 Å². The number of pyridine rings is 1. The van der Waals surface area contributed by atoms with E-state index in [2.05, 4.69) is 35.1 Å². The molecule has 2 aromatic heterocycles. The number of hydrogen-bond donors (Lipinski definition) is 0. The van der Waals surface area contributed by atoms with Crippen molar-refractivity contribution in [3.05, 3.63) is 58.9 Å². The van der Waals surface area contributed by atoms with Crippen LogP contribution in [0.25, 0.3) is 5.65 Å². The summed E-state index contributed by atoms with van der Waals surface area (Å²) in [5.74, 6) is 0.855. The number of fused-ring (bicyclic) bond motifs is 1. The third-order valence-electron chi connectivity index (χ3n) is 3.37. The van der Waals surface area contributed by atoms with Crippen molar-refractivity contribution >= 4 is 28.8 Å². The van der Waals surface area contributed by atoms with Crippen molar-refractivity contribution in [3.8, 4) is 6.07 Å². The Balaban J connectivity index is 2.10. The summed E-state index contributed by atoms with van der Waals surface area (Å²) in [5.41, 5.74) is 2.80. The first-order chi connectivity index (χ1) is 11.1. The van der Waals surface area contributed by atoms with Crippen molar-refractivity contribution in [1.29, 1.82) is 5.26 Å². The number of hydrogen-bond acceptors (Lipinski definition) is 4. The van der Waals surface area contributed by atoms with Gasteiger partial charge in [-0.15, -0.1) is 10.2 Å². The number of nitrogens with zero attached hydrogens (tertiary/aromatic N) is 5. The van der Waals surface area contributed by atoms with Crippen molar-refractivity contribution < 1.29 is 0 Å². The molecule has 0 aliphatic heterocycles. The second-order valence-electron chi connectivity index (χ2n) is 5.41. The molecule has 3 aromatic rings. The summed E-state index contributed by atoms with van der Waals surface area (Å²) in [7, 11) is 0. The molecule has 0 fully saturated rings. The number of nitriles is 1. The predicted molar refractivity (Wildman–Crippen MR) is 89.6 cm³/mol. The van der Waals surface area contributed by atoms with Crippen LogP contribution in [-0.2, 0) is 0 Å². The maximum atomic E-state index is 8.95. The quantitative estimate of drug-likeness (QED) is 0.606. The Labute approximate surface area is 138 Å². The monoisotopic (exact) mass is 323 g/mol. The molecule has 3 rings (SSSR count). The minimum atomic E-state index is 0.202. The van der Waals surface area contributed by atoms with Gasteiger partial charge in [0.1, 0.15) is 5.65 Å². The van der Waals surface area contributed by atoms with E-state index in [0.717, 1.165) is 11.3 Å². The van der Waals surface area contributed by atoms with Gasteiger partial charge in [0.25, 0.3) is 0 Å². The zero-order chi connectivity index (χ0) is 16.4. The van der Waals surface area contributed by atoms with E-state index in [1.807, 2.05) is 10.5 Å². The molecule has 0 spiro atoms. The van der Waals surface area contributed by atoms with Gasteiger partial charge in [-0.05, 0) is 36.2 Å². The minimum Gasteiger partial charge on any atom is -0.281 e. The summed E-state index contributed by atoms with van der Waals surface area (Å²) >= 11 is 6.08. The number of halogens is 1. The van der Waals surface area contributed by atoms with Crippen LogP contribution in [-0.4, -0.2) is 9.38 Å². The number of benzene rings is 1. The van der Waals surface area contributed by atoms with E-state index in [0.29, 0.717) is 22.1 Å². The van der Waals surface area contributed by atoms with E-state index in [-0.39, 0.29) is 5.92 Å². The van der Waals surface area contributed by atoms with Gasteiger partial charge in [0.05, 0.1) is 28.0 Å². The van der Waals surface area contributed by atoms with Gasteiger partial charge in [-0.3, -0.25) is 4.40 Å². The molecule has 0 N–H and O–H groups in total. The van der Waals surface area contributed by atoms with E-state index < -0.39 is 0 Å². The highest BCUT2D eigenvalue weighted by atomic mass is 35.5. The highest BCUT2D eigenvalue weighted by Gasteiger charge is 2.15. The second kappa shape index (κ2) is 6.19. The standard InChI is InChI=1S/C17H14ClN5/c1-11(2)16-17(23-10-13(18)6-7-15(23)20-16)22-21-14-5-3-4-12(8-14)9-19/h3-8,10-11H,1-2H3. The Morgan fingerprint density at radius 2 is 2.04 bits per heavy atom. The highest BCUT2D eigenvalue weighted by Crippen LogP contribution is 2.30. The van der Waals surface area contributed by atoms with E-state index in [1.165, 1.54) is 0 Å². The molecule has 0 atom stereocenters. The van der Waals surface area contributed by atoms with Gasteiger partial charge in [-0.2, -0.15) is 5.26 Å². The van der Waals surface area contributed by atoms with Crippen molar-refractivity contribution in [2.24, 2.45) is 10.2 Å². The van der Waals surface area contributed by atoms with Crippen LogP contribution >= 0.6 is 11.6 Å². The molecule has 6 heteroatoms. The number of rotatable bonds is 3. The summed E-state index contributed by atoms with van der Waals surface area (Å²) in [4.78, 5) is 4.60. The number of aromatic nitrogens is 2. The first kappa shape index (κ1) is 15.2. The lowest BCUT2D eigenvalue weighted by Gasteiger charge is -2.02. The average Bonchev–Trinajstić information content (AvgIpc) is 2.91. The van der Waals surface area contributed by atoms with Gasteiger partial charge < -0.3 is 0 Å². The Morgan fingerprint density at radius 3 is 2.78 bits per heavy atom. The van der Waals surface area contributed by atoms with Crippen LogP contribution in [0.5, 0.6) is 0 Å². The Bertz CT molecular complexity index is 934. The second-order valence-corrected chi connectivity index (χ2v) is 5.85. The molecule has 0 saturated heterocycles. The van der Waals surface area contributed by atoms with E-state index >= 15 is 0 Å². The molecule has 0 bridgehead atoms. The van der Waals surface area contributed by atoms with Crippen molar-refractivity contribution in [3.63, 3.8) is 0 Å². The fourth-order valence-electron chi connectivity index (χ4n) is 2.25. The number of imidazole rings is 1. The van der Waals surface area contributed by atoms with Gasteiger partial charge >= 0.3 is 0 Å². The Hall–Kier alpha value is -2.71. The molecule has 23 heavy (non-hydrogen) atoms. The highest BCUT2D eigenvalue weighted by molar-refractivity contribution is 6.30. The predicted octanol–water partition coefficient (Wildman–Crippen LogP) is 5.40. The Kier molecular flexibility index (Phi) is 4.09. The molecule has 1 aromatic carbocycles. The van der Waals surface area contributed by atoms with Crippen molar-refractivity contribution in [2.75, 3.05) is 0 Å². The average molecular weight is 324 g/mol. The summed E-state index contributed by atoms with van der Waals surface area (Å²) in [6, 6.07) is 12.7. The molecule has 114 valence electrons. The molecule has 0 aliphatic carbocycles. The fourth-order valence-corrected chi connectivity index (χ4v) is 2.41. The molecule has 0 unspecified atom stereocenters. The normalized spacial score (nSPS) is 11.4. The van der Waals surface area contributed by atoms with Crippen LogP contribution in [0.3, 0.4) is 0 Å². The summed E-state index contributed by atoms with van der Waals surface area (Å²) in [5, 5.41) is 18.2. The van der Waals surface area contributed by atoms with Crippen LogP contribution in [0.2, 0.25) is 5.02 Å². The SMILES string of the molecule is CC(C)c1nc2ccc(Cl)cn2c1N=Nc1cccc(C#N)c1. The van der Waals surface area contributed by atoms with E-state index in [1.54, 1.807) is 36.5 Å². The molecular formula is C17H14ClN5. The minimum absolute atomic E-state index is 0.202. The van der Waals surface area contributed by atoms with Crippen LogP contribution in [0.4, 0.5) is 11.5 Å². The molecule has 0 radical (unpaired) electrons. The first-order valence-electron chi connectivity index (χ1n) is 7.18. The summed E-state index contributed by atoms with van der Waals surface area (Å²) in [6.45, 7) is 4.11. The molecule has 0 aliphatic rings. The van der Waals surface area contributed by atoms with E-state index in [4.69, 9.17) is 16.9 Å². The number of azo groups is 1. The molecule has 0 saturated carbocycles. The Morgan fingerprint density at radius 1 is 1.22 bits per heavy atom. The lowest BCUT2D eigenvalue weighted by molar-refractivity contribution is 0.831. The molecule has 2 heterocycles. The van der Waals surface area contributed by atoms with Gasteiger partial charge in [0, 0.05) is 6.20 Å². The first-order valence-corrected chi connectivity index (χ1v) is 7.55. The van der Waals surface area contributed by atoms with Crippen molar-refractivity contribution in [1.82, 2.24) is 9.38 Å². The van der Waals surface area contributed by atoms with Crippen molar-refractivity contribution in [2.45, 2.75) is 19.8 Å². The lowest BCUT2D eigenvalue weighted by atomic mass is 10.1. The molecule has 0 amide bonds. The van der Waals surface area contributed by atoms with Gasteiger partial charge in [-0.25, -0.2) is 4.98 Å². The van der Waals surface area contributed by atoms with Gasteiger partial charge in [-0.1, -0.05) is 31.5 Å². The van der Waals surface area contributed by atoms with Gasteiger partial charge in [0.15, 0.2) is 5.82 Å². The summed E-state index contributed by atoms with van der Waals surface area (Å²) < 4.78 is 1.83. The van der Waals surface area contributed by atoms with Crippen LogP contribution in [0.1, 0.15) is 31.0 Å².